The summed E-state index contributed by atoms with van der Waals surface area (Å²) in [5.41, 5.74) is 0. The fourth-order valence-corrected chi connectivity index (χ4v) is 0.313. The summed E-state index contributed by atoms with van der Waals surface area (Å²) >= 11 is 0. The second-order valence-electron chi connectivity index (χ2n) is 2.27. The second kappa shape index (κ2) is 24.8. The van der Waals surface area contributed by atoms with Crippen LogP contribution in [0.15, 0.2) is 30.6 Å². The summed E-state index contributed by atoms with van der Waals surface area (Å²) in [6.07, 6.45) is 3.50. The van der Waals surface area contributed by atoms with Crippen LogP contribution in [0.5, 0.6) is 0 Å². The number of pyridine rings is 1. The summed E-state index contributed by atoms with van der Waals surface area (Å²) in [4.78, 5) is 3.78. The van der Waals surface area contributed by atoms with E-state index in [-0.39, 0.29) is 0 Å². The number of nitrogens with zero attached hydrogens (tertiary/aromatic N) is 1. The van der Waals surface area contributed by atoms with Crippen molar-refractivity contribution in [2.24, 2.45) is 0 Å². The standard InChI is InChI=1S/C5H5N.4BFH2O2/c1-2-4-6-5-3-1;4*2-1(3)4/h1-5H;4*3-4H. The molecule has 0 saturated heterocycles. The van der Waals surface area contributed by atoms with Gasteiger partial charge in [0.05, 0.1) is 0 Å². The highest BCUT2D eigenvalue weighted by Gasteiger charge is 1.98. The van der Waals surface area contributed by atoms with Gasteiger partial charge >= 0.3 is 29.6 Å². The van der Waals surface area contributed by atoms with E-state index in [0.29, 0.717) is 0 Å². The molecule has 0 unspecified atom stereocenters. The van der Waals surface area contributed by atoms with Crippen LogP contribution in [-0.4, -0.2) is 74.8 Å². The van der Waals surface area contributed by atoms with Crippen molar-refractivity contribution in [3.63, 3.8) is 0 Å². The molecule has 1 aromatic heterocycles. The van der Waals surface area contributed by atoms with Crippen LogP contribution in [0, 0.1) is 0 Å². The topological polar surface area (TPSA) is 175 Å². The van der Waals surface area contributed by atoms with Crippen molar-refractivity contribution in [2.45, 2.75) is 0 Å². The van der Waals surface area contributed by atoms with Crippen molar-refractivity contribution in [3.8, 4) is 0 Å². The van der Waals surface area contributed by atoms with Crippen LogP contribution < -0.4 is 0 Å². The highest BCUT2D eigenvalue weighted by atomic mass is 19.1. The number of rotatable bonds is 0. The Balaban J connectivity index is -0.0000000937. The zero-order chi connectivity index (χ0) is 18.6. The molecule has 1 heterocycles. The molecule has 0 aromatic carbocycles. The lowest BCUT2D eigenvalue weighted by molar-refractivity contribution is 0.338. The minimum Gasteiger partial charge on any atom is -0.398 e. The zero-order valence-corrected chi connectivity index (χ0v) is 10.7. The van der Waals surface area contributed by atoms with Crippen molar-refractivity contribution in [2.75, 3.05) is 0 Å². The SMILES string of the molecule is OB(O)F.OB(O)F.OB(O)F.OB(O)F.c1ccncc1. The molecule has 0 atom stereocenters. The van der Waals surface area contributed by atoms with Gasteiger partial charge < -0.3 is 40.2 Å². The second-order valence-corrected chi connectivity index (χ2v) is 2.27. The molecule has 0 bridgehead atoms. The molecule has 0 amide bonds. The molecule has 17 heteroatoms. The van der Waals surface area contributed by atoms with E-state index in [0.717, 1.165) is 0 Å². The van der Waals surface area contributed by atoms with Crippen LogP contribution in [0.1, 0.15) is 0 Å². The molecule has 0 aliphatic carbocycles. The average molecular weight is 334 g/mol. The van der Waals surface area contributed by atoms with Crippen LogP contribution in [0.25, 0.3) is 0 Å². The van der Waals surface area contributed by atoms with Crippen molar-refractivity contribution in [1.29, 1.82) is 0 Å². The third kappa shape index (κ3) is 258. The maximum atomic E-state index is 10.1. The highest BCUT2D eigenvalue weighted by molar-refractivity contribution is 6.32. The predicted octanol–water partition coefficient (Wildman–Crippen LogP) is -3.22. The largest absolute Gasteiger partial charge is 0.674 e. The van der Waals surface area contributed by atoms with Gasteiger partial charge in [-0.2, -0.15) is 0 Å². The Morgan fingerprint density at radius 2 is 0.682 bits per heavy atom. The van der Waals surface area contributed by atoms with Crippen LogP contribution >= 0.6 is 0 Å². The Labute approximate surface area is 123 Å². The fraction of sp³-hybridized carbons (Fsp3) is 0. The summed E-state index contributed by atoms with van der Waals surface area (Å²) in [5, 5.41) is 55.6. The molecular formula is C5H13B4F4NO8. The lowest BCUT2D eigenvalue weighted by atomic mass is 10.3. The molecule has 0 radical (unpaired) electrons. The van der Waals surface area contributed by atoms with Gasteiger partial charge in [0.2, 0.25) is 0 Å². The fourth-order valence-electron chi connectivity index (χ4n) is 0.313. The Morgan fingerprint density at radius 1 is 0.500 bits per heavy atom. The van der Waals surface area contributed by atoms with E-state index in [1.807, 2.05) is 18.2 Å². The van der Waals surface area contributed by atoms with Gasteiger partial charge in [-0.1, -0.05) is 6.07 Å². The first-order chi connectivity index (χ1) is 9.93. The third-order valence-corrected chi connectivity index (χ3v) is 0.566. The van der Waals surface area contributed by atoms with E-state index in [4.69, 9.17) is 40.2 Å². The Morgan fingerprint density at radius 3 is 0.727 bits per heavy atom. The smallest absolute Gasteiger partial charge is 0.398 e. The lowest BCUT2D eigenvalue weighted by Gasteiger charge is -1.70. The van der Waals surface area contributed by atoms with E-state index in [1.54, 1.807) is 12.4 Å². The Hall–Kier alpha value is -1.19. The molecule has 0 fully saturated rings. The van der Waals surface area contributed by atoms with Gasteiger partial charge in [0.15, 0.2) is 0 Å². The van der Waals surface area contributed by atoms with E-state index >= 15 is 0 Å². The minimum absolute atomic E-state index is 1.75. The van der Waals surface area contributed by atoms with Crippen LogP contribution in [0.3, 0.4) is 0 Å². The number of hydrogen-bond donors (Lipinski definition) is 8. The minimum atomic E-state index is -2.67. The monoisotopic (exact) mass is 335 g/mol. The number of aromatic nitrogens is 1. The molecule has 0 aliphatic heterocycles. The maximum Gasteiger partial charge on any atom is 0.674 e. The molecule has 1 aromatic rings. The first-order valence-electron chi connectivity index (χ1n) is 4.79. The molecule has 126 valence electrons. The summed E-state index contributed by atoms with van der Waals surface area (Å²) in [6, 6.07) is 5.72. The van der Waals surface area contributed by atoms with Gasteiger partial charge in [0, 0.05) is 12.4 Å². The highest BCUT2D eigenvalue weighted by Crippen LogP contribution is 1.73. The quantitative estimate of drug-likeness (QED) is 0.179. The van der Waals surface area contributed by atoms with Gasteiger partial charge in [-0.25, -0.2) is 0 Å². The van der Waals surface area contributed by atoms with E-state index in [2.05, 4.69) is 4.98 Å². The van der Waals surface area contributed by atoms with Gasteiger partial charge in [-0.3, -0.25) is 22.2 Å². The van der Waals surface area contributed by atoms with E-state index in [9.17, 15) is 17.3 Å². The summed E-state index contributed by atoms with van der Waals surface area (Å²) < 4.78 is 40.4. The first-order valence-corrected chi connectivity index (χ1v) is 4.79. The van der Waals surface area contributed by atoms with E-state index in [1.165, 1.54) is 0 Å². The molecule has 0 saturated carbocycles. The number of hydrogen-bond acceptors (Lipinski definition) is 9. The van der Waals surface area contributed by atoms with Crippen molar-refractivity contribution < 1.29 is 57.5 Å². The summed E-state index contributed by atoms with van der Waals surface area (Å²) in [6.45, 7) is 0. The van der Waals surface area contributed by atoms with Crippen molar-refractivity contribution in [3.05, 3.63) is 30.6 Å². The van der Waals surface area contributed by atoms with Crippen LogP contribution in [-0.2, 0) is 0 Å². The third-order valence-electron chi connectivity index (χ3n) is 0.566. The molecular weight excluding hydrogens is 321 g/mol. The van der Waals surface area contributed by atoms with Gasteiger partial charge in [0.1, 0.15) is 0 Å². The molecule has 9 nitrogen and oxygen atoms in total. The molecule has 22 heavy (non-hydrogen) atoms. The molecule has 8 N–H and O–H groups in total. The Bertz CT molecular complexity index is 216. The molecule has 0 spiro atoms. The Kier molecular flexibility index (Phi) is 32.6. The lowest BCUT2D eigenvalue weighted by Crippen LogP contribution is -1.98. The van der Waals surface area contributed by atoms with Gasteiger partial charge in [-0.05, 0) is 12.1 Å². The zero-order valence-electron chi connectivity index (χ0n) is 10.7. The average Bonchev–Trinajstić information content (AvgIpc) is 2.28. The first kappa shape index (κ1) is 28.9. The summed E-state index contributed by atoms with van der Waals surface area (Å²) in [7, 11) is -10.7. The van der Waals surface area contributed by atoms with E-state index < -0.39 is 29.6 Å². The predicted molar refractivity (Wildman–Crippen MR) is 69.4 cm³/mol. The van der Waals surface area contributed by atoms with Gasteiger partial charge in [-0.15, -0.1) is 0 Å². The van der Waals surface area contributed by atoms with Crippen LogP contribution in [0.4, 0.5) is 17.3 Å². The molecule has 0 aliphatic rings. The number of halogens is 4. The normalized spacial score (nSPS) is 7.09. The maximum absolute atomic E-state index is 10.1. The van der Waals surface area contributed by atoms with Crippen molar-refractivity contribution in [1.82, 2.24) is 4.98 Å². The molecule has 1 rings (SSSR count). The summed E-state index contributed by atoms with van der Waals surface area (Å²) in [5.74, 6) is 0. The van der Waals surface area contributed by atoms with Crippen LogP contribution in [0.2, 0.25) is 0 Å². The van der Waals surface area contributed by atoms with Crippen molar-refractivity contribution >= 4 is 29.6 Å². The van der Waals surface area contributed by atoms with Gasteiger partial charge in [0.25, 0.3) is 0 Å².